The first-order chi connectivity index (χ1) is 9.64. The standard InChI is InChI=1S/C16H27N3S/c1-12-15(20-11-18-12)9-19(2)16(10-17)7-3-4-14(8-16)13-5-6-13/h11,13-14H,3-10,17H2,1-2H3. The van der Waals surface area contributed by atoms with Gasteiger partial charge < -0.3 is 5.73 Å². The van der Waals surface area contributed by atoms with Gasteiger partial charge in [0.05, 0.1) is 11.2 Å². The summed E-state index contributed by atoms with van der Waals surface area (Å²) in [6.45, 7) is 3.92. The number of thiazole rings is 1. The zero-order chi connectivity index (χ0) is 14.2. The lowest BCUT2D eigenvalue weighted by molar-refractivity contribution is 0.0465. The fraction of sp³-hybridized carbons (Fsp3) is 0.812. The molecule has 0 aromatic carbocycles. The number of nitrogens with two attached hydrogens (primary N) is 1. The third-order valence-electron chi connectivity index (χ3n) is 5.56. The molecular weight excluding hydrogens is 266 g/mol. The zero-order valence-electron chi connectivity index (χ0n) is 12.8. The molecule has 0 radical (unpaired) electrons. The fourth-order valence-corrected chi connectivity index (χ4v) is 4.73. The van der Waals surface area contributed by atoms with E-state index in [1.54, 1.807) is 11.3 Å². The number of rotatable bonds is 5. The van der Waals surface area contributed by atoms with E-state index in [1.165, 1.54) is 49.1 Å². The first kappa shape index (κ1) is 14.5. The normalized spacial score (nSPS) is 30.9. The Morgan fingerprint density at radius 2 is 2.20 bits per heavy atom. The molecule has 0 amide bonds. The molecule has 2 saturated carbocycles. The second-order valence-corrected chi connectivity index (χ2v) is 7.78. The molecule has 0 bridgehead atoms. The second-order valence-electron chi connectivity index (χ2n) is 6.84. The van der Waals surface area contributed by atoms with E-state index in [4.69, 9.17) is 5.73 Å². The minimum Gasteiger partial charge on any atom is -0.329 e. The first-order valence-corrected chi connectivity index (χ1v) is 8.83. The number of aryl methyl sites for hydroxylation is 1. The SMILES string of the molecule is Cc1ncsc1CN(C)C1(CN)CCCC(C2CC2)C1. The monoisotopic (exact) mass is 293 g/mol. The van der Waals surface area contributed by atoms with Crippen LogP contribution in [0.15, 0.2) is 5.51 Å². The largest absolute Gasteiger partial charge is 0.329 e. The van der Waals surface area contributed by atoms with Crippen molar-refractivity contribution in [1.29, 1.82) is 0 Å². The molecule has 112 valence electrons. The predicted molar refractivity (Wildman–Crippen MR) is 84.8 cm³/mol. The summed E-state index contributed by atoms with van der Waals surface area (Å²) in [5.41, 5.74) is 9.60. The summed E-state index contributed by atoms with van der Waals surface area (Å²) in [5, 5.41) is 0. The summed E-state index contributed by atoms with van der Waals surface area (Å²) in [6, 6.07) is 0. The lowest BCUT2D eigenvalue weighted by Gasteiger charge is -2.47. The van der Waals surface area contributed by atoms with Crippen molar-refractivity contribution >= 4 is 11.3 Å². The summed E-state index contributed by atoms with van der Waals surface area (Å²) >= 11 is 1.78. The van der Waals surface area contributed by atoms with Gasteiger partial charge in [0.25, 0.3) is 0 Å². The molecule has 20 heavy (non-hydrogen) atoms. The van der Waals surface area contributed by atoms with E-state index in [0.717, 1.165) is 24.9 Å². The average molecular weight is 293 g/mol. The molecule has 0 aliphatic heterocycles. The Labute approximate surface area is 126 Å². The maximum absolute atomic E-state index is 6.24. The Balaban J connectivity index is 1.71. The molecular formula is C16H27N3S. The van der Waals surface area contributed by atoms with Gasteiger partial charge in [-0.05, 0) is 51.5 Å². The minimum absolute atomic E-state index is 0.224. The van der Waals surface area contributed by atoms with Crippen LogP contribution in [0.25, 0.3) is 0 Å². The highest BCUT2D eigenvalue weighted by Crippen LogP contribution is 2.48. The minimum atomic E-state index is 0.224. The van der Waals surface area contributed by atoms with Gasteiger partial charge in [-0.3, -0.25) is 4.90 Å². The van der Waals surface area contributed by atoms with Crippen LogP contribution in [0.1, 0.15) is 49.1 Å². The maximum Gasteiger partial charge on any atom is 0.0798 e. The molecule has 4 heteroatoms. The first-order valence-electron chi connectivity index (χ1n) is 7.95. The van der Waals surface area contributed by atoms with Gasteiger partial charge in [0, 0.05) is 23.5 Å². The molecule has 2 aliphatic rings. The van der Waals surface area contributed by atoms with Crippen LogP contribution >= 0.6 is 11.3 Å². The number of hydrogen-bond donors (Lipinski definition) is 1. The van der Waals surface area contributed by atoms with Crippen molar-refractivity contribution in [2.75, 3.05) is 13.6 Å². The van der Waals surface area contributed by atoms with Gasteiger partial charge in [-0.15, -0.1) is 11.3 Å². The molecule has 1 aromatic heterocycles. The summed E-state index contributed by atoms with van der Waals surface area (Å²) in [4.78, 5) is 8.30. The van der Waals surface area contributed by atoms with Crippen molar-refractivity contribution in [3.8, 4) is 0 Å². The zero-order valence-corrected chi connectivity index (χ0v) is 13.6. The third-order valence-corrected chi connectivity index (χ3v) is 6.48. The van der Waals surface area contributed by atoms with Gasteiger partial charge in [0.2, 0.25) is 0 Å². The van der Waals surface area contributed by atoms with E-state index in [1.807, 2.05) is 5.51 Å². The fourth-order valence-electron chi connectivity index (χ4n) is 3.90. The van der Waals surface area contributed by atoms with Crippen LogP contribution in [0.4, 0.5) is 0 Å². The third kappa shape index (κ3) is 2.78. The predicted octanol–water partition coefficient (Wildman–Crippen LogP) is 3.18. The summed E-state index contributed by atoms with van der Waals surface area (Å²) < 4.78 is 0. The summed E-state index contributed by atoms with van der Waals surface area (Å²) in [7, 11) is 2.27. The van der Waals surface area contributed by atoms with Crippen molar-refractivity contribution in [3.05, 3.63) is 16.1 Å². The van der Waals surface area contributed by atoms with E-state index in [0.29, 0.717) is 0 Å². The molecule has 1 heterocycles. The smallest absolute Gasteiger partial charge is 0.0798 e. The van der Waals surface area contributed by atoms with E-state index < -0.39 is 0 Å². The molecule has 2 N–H and O–H groups in total. The molecule has 3 nitrogen and oxygen atoms in total. The van der Waals surface area contributed by atoms with E-state index in [2.05, 4.69) is 23.9 Å². The van der Waals surface area contributed by atoms with E-state index in [-0.39, 0.29) is 5.54 Å². The van der Waals surface area contributed by atoms with Crippen LogP contribution < -0.4 is 5.73 Å². The molecule has 2 unspecified atom stereocenters. The van der Waals surface area contributed by atoms with E-state index in [9.17, 15) is 0 Å². The lowest BCUT2D eigenvalue weighted by atomic mass is 9.73. The molecule has 3 rings (SSSR count). The number of aromatic nitrogens is 1. The van der Waals surface area contributed by atoms with Gasteiger partial charge in [-0.2, -0.15) is 0 Å². The number of likely N-dealkylation sites (N-methyl/N-ethyl adjacent to an activating group) is 1. The Hall–Kier alpha value is -0.450. The Kier molecular flexibility index (Phi) is 4.16. The average Bonchev–Trinajstić information content (AvgIpc) is 3.24. The molecule has 2 atom stereocenters. The highest BCUT2D eigenvalue weighted by molar-refractivity contribution is 7.09. The second kappa shape index (κ2) is 5.74. The number of hydrogen-bond acceptors (Lipinski definition) is 4. The topological polar surface area (TPSA) is 42.2 Å². The summed E-state index contributed by atoms with van der Waals surface area (Å²) in [5.74, 6) is 1.94. The van der Waals surface area contributed by atoms with Gasteiger partial charge in [-0.25, -0.2) is 4.98 Å². The van der Waals surface area contributed by atoms with Crippen molar-refractivity contribution in [2.45, 2.75) is 57.5 Å². The Bertz CT molecular complexity index is 454. The van der Waals surface area contributed by atoms with Gasteiger partial charge in [-0.1, -0.05) is 12.8 Å². The molecule has 0 spiro atoms. The molecule has 0 saturated heterocycles. The van der Waals surface area contributed by atoms with Gasteiger partial charge in [0.1, 0.15) is 0 Å². The van der Waals surface area contributed by atoms with Crippen LogP contribution in [0, 0.1) is 18.8 Å². The van der Waals surface area contributed by atoms with Crippen LogP contribution in [-0.4, -0.2) is 29.0 Å². The van der Waals surface area contributed by atoms with Crippen LogP contribution in [0.3, 0.4) is 0 Å². The highest BCUT2D eigenvalue weighted by Gasteiger charge is 2.43. The quantitative estimate of drug-likeness (QED) is 0.906. The Morgan fingerprint density at radius 3 is 2.80 bits per heavy atom. The maximum atomic E-state index is 6.24. The lowest BCUT2D eigenvalue weighted by Crippen LogP contribution is -2.54. The van der Waals surface area contributed by atoms with Gasteiger partial charge >= 0.3 is 0 Å². The van der Waals surface area contributed by atoms with Gasteiger partial charge in [0.15, 0.2) is 0 Å². The van der Waals surface area contributed by atoms with Crippen molar-refractivity contribution in [3.63, 3.8) is 0 Å². The van der Waals surface area contributed by atoms with Crippen LogP contribution in [0.5, 0.6) is 0 Å². The van der Waals surface area contributed by atoms with Crippen molar-refractivity contribution in [2.24, 2.45) is 17.6 Å². The van der Waals surface area contributed by atoms with Crippen molar-refractivity contribution < 1.29 is 0 Å². The Morgan fingerprint density at radius 1 is 1.40 bits per heavy atom. The van der Waals surface area contributed by atoms with E-state index >= 15 is 0 Å². The summed E-state index contributed by atoms with van der Waals surface area (Å²) in [6.07, 6.45) is 8.28. The molecule has 2 aliphatic carbocycles. The number of nitrogens with zero attached hydrogens (tertiary/aromatic N) is 2. The molecule has 2 fully saturated rings. The molecule has 1 aromatic rings. The van der Waals surface area contributed by atoms with Crippen LogP contribution in [-0.2, 0) is 6.54 Å². The van der Waals surface area contributed by atoms with Crippen LogP contribution in [0.2, 0.25) is 0 Å². The van der Waals surface area contributed by atoms with Crippen molar-refractivity contribution in [1.82, 2.24) is 9.88 Å². The highest BCUT2D eigenvalue weighted by atomic mass is 32.1.